The summed E-state index contributed by atoms with van der Waals surface area (Å²) in [5.41, 5.74) is 0. The normalized spacial score (nSPS) is 34.7. The smallest absolute Gasteiger partial charge is 0.239 e. The number of carbonyl (C=O) groups excluding carboxylic acids is 1. The molecule has 0 unspecified atom stereocenters. The van der Waals surface area contributed by atoms with Crippen molar-refractivity contribution in [3.05, 3.63) is 0 Å². The van der Waals surface area contributed by atoms with Gasteiger partial charge in [-0.3, -0.25) is 4.79 Å². The van der Waals surface area contributed by atoms with Crippen LogP contribution in [0.3, 0.4) is 0 Å². The molecule has 3 atom stereocenters. The number of nitrogens with zero attached hydrogens (tertiary/aromatic N) is 2. The van der Waals surface area contributed by atoms with E-state index < -0.39 is 0 Å². The Hall–Kier alpha value is -0.610. The van der Waals surface area contributed by atoms with Gasteiger partial charge in [-0.1, -0.05) is 19.8 Å². The van der Waals surface area contributed by atoms with Crippen LogP contribution in [0.5, 0.6) is 0 Å². The Kier molecular flexibility index (Phi) is 4.85. The average molecular weight is 293 g/mol. The predicted octanol–water partition coefficient (Wildman–Crippen LogP) is 1.85. The first-order chi connectivity index (χ1) is 10.2. The molecule has 1 saturated carbocycles. The predicted molar refractivity (Wildman–Crippen MR) is 85.2 cm³/mol. The summed E-state index contributed by atoms with van der Waals surface area (Å²) in [5.74, 6) is 1.10. The minimum absolute atomic E-state index is 0.0901. The zero-order chi connectivity index (χ0) is 14.8. The molecular formula is C17H31N3O. The standard InChI is InChI=1S/C17H31N3O/c1-3-20-10-8-14(9-11-20)19(2)17(21)16-12-13-6-4-5-7-15(13)18-16/h13-16,18H,3-12H2,1-2H3/t13-,15-,16+/m0/s1. The molecule has 0 bridgehead atoms. The largest absolute Gasteiger partial charge is 0.341 e. The lowest BCUT2D eigenvalue weighted by atomic mass is 9.85. The van der Waals surface area contributed by atoms with E-state index in [0.29, 0.717) is 18.0 Å². The van der Waals surface area contributed by atoms with Crippen molar-refractivity contribution in [2.24, 2.45) is 5.92 Å². The summed E-state index contributed by atoms with van der Waals surface area (Å²) in [6.45, 7) is 5.64. The molecular weight excluding hydrogens is 262 g/mol. The van der Waals surface area contributed by atoms with Crippen molar-refractivity contribution in [1.29, 1.82) is 0 Å². The monoisotopic (exact) mass is 293 g/mol. The molecule has 3 rings (SSSR count). The molecule has 2 heterocycles. The van der Waals surface area contributed by atoms with Crippen LogP contribution in [0.15, 0.2) is 0 Å². The molecule has 1 aliphatic carbocycles. The molecule has 0 radical (unpaired) electrons. The Bertz CT molecular complexity index is 351. The SMILES string of the molecule is CCN1CCC(N(C)C(=O)[C@H]2C[C@@H]3CCCC[C@@H]3N2)CC1. The number of piperidine rings is 1. The van der Waals surface area contributed by atoms with Gasteiger partial charge in [-0.05, 0) is 44.6 Å². The van der Waals surface area contributed by atoms with E-state index in [1.807, 2.05) is 7.05 Å². The van der Waals surface area contributed by atoms with Crippen LogP contribution in [0.25, 0.3) is 0 Å². The lowest BCUT2D eigenvalue weighted by Crippen LogP contribution is -2.51. The van der Waals surface area contributed by atoms with E-state index in [4.69, 9.17) is 0 Å². The summed E-state index contributed by atoms with van der Waals surface area (Å²) in [6.07, 6.45) is 8.62. The van der Waals surface area contributed by atoms with Crippen molar-refractivity contribution in [2.45, 2.75) is 70.0 Å². The minimum atomic E-state index is 0.0901. The Morgan fingerprint density at radius 2 is 1.90 bits per heavy atom. The number of likely N-dealkylation sites (N-methyl/N-ethyl adjacent to an activating group) is 1. The third kappa shape index (κ3) is 3.26. The maximum Gasteiger partial charge on any atom is 0.239 e. The van der Waals surface area contributed by atoms with Crippen LogP contribution < -0.4 is 5.32 Å². The molecule has 0 aromatic heterocycles. The van der Waals surface area contributed by atoms with Gasteiger partial charge in [0.25, 0.3) is 0 Å². The molecule has 3 fully saturated rings. The summed E-state index contributed by atoms with van der Waals surface area (Å²) >= 11 is 0. The lowest BCUT2D eigenvalue weighted by molar-refractivity contribution is -0.134. The molecule has 120 valence electrons. The number of fused-ring (bicyclic) bond motifs is 1. The van der Waals surface area contributed by atoms with Crippen LogP contribution in [0, 0.1) is 5.92 Å². The maximum absolute atomic E-state index is 12.8. The zero-order valence-electron chi connectivity index (χ0n) is 13.7. The Labute approximate surface area is 129 Å². The third-order valence-corrected chi connectivity index (χ3v) is 6.06. The number of rotatable bonds is 3. The quantitative estimate of drug-likeness (QED) is 0.862. The highest BCUT2D eigenvalue weighted by Gasteiger charge is 2.40. The number of amides is 1. The fourth-order valence-electron chi connectivity index (χ4n) is 4.56. The van der Waals surface area contributed by atoms with Gasteiger partial charge in [0.15, 0.2) is 0 Å². The molecule has 3 aliphatic rings. The van der Waals surface area contributed by atoms with Crippen LogP contribution in [0.4, 0.5) is 0 Å². The number of carbonyl (C=O) groups is 1. The topological polar surface area (TPSA) is 35.6 Å². The molecule has 0 aromatic rings. The molecule has 2 saturated heterocycles. The van der Waals surface area contributed by atoms with Crippen molar-refractivity contribution in [3.63, 3.8) is 0 Å². The molecule has 4 nitrogen and oxygen atoms in total. The average Bonchev–Trinajstić information content (AvgIpc) is 2.97. The number of hydrogen-bond donors (Lipinski definition) is 1. The number of nitrogens with one attached hydrogen (secondary N) is 1. The molecule has 4 heteroatoms. The first kappa shape index (κ1) is 15.3. The van der Waals surface area contributed by atoms with Gasteiger partial charge in [-0.15, -0.1) is 0 Å². The second kappa shape index (κ2) is 6.66. The summed E-state index contributed by atoms with van der Waals surface area (Å²) < 4.78 is 0. The fourth-order valence-corrected chi connectivity index (χ4v) is 4.56. The van der Waals surface area contributed by atoms with Gasteiger partial charge in [-0.25, -0.2) is 0 Å². The van der Waals surface area contributed by atoms with E-state index in [2.05, 4.69) is 22.0 Å². The second-order valence-corrected chi connectivity index (χ2v) is 7.22. The molecule has 0 spiro atoms. The van der Waals surface area contributed by atoms with E-state index in [9.17, 15) is 4.79 Å². The van der Waals surface area contributed by atoms with Crippen LogP contribution in [0.1, 0.15) is 51.9 Å². The highest BCUT2D eigenvalue weighted by molar-refractivity contribution is 5.82. The van der Waals surface area contributed by atoms with E-state index in [-0.39, 0.29) is 6.04 Å². The van der Waals surface area contributed by atoms with Crippen molar-refractivity contribution in [2.75, 3.05) is 26.7 Å². The van der Waals surface area contributed by atoms with Gasteiger partial charge in [0, 0.05) is 32.2 Å². The maximum atomic E-state index is 12.8. The van der Waals surface area contributed by atoms with E-state index in [1.54, 1.807) is 0 Å². The highest BCUT2D eigenvalue weighted by Crippen LogP contribution is 2.34. The molecule has 2 aliphatic heterocycles. The second-order valence-electron chi connectivity index (χ2n) is 7.22. The molecule has 1 amide bonds. The lowest BCUT2D eigenvalue weighted by Gasteiger charge is -2.37. The first-order valence-electron chi connectivity index (χ1n) is 8.94. The summed E-state index contributed by atoms with van der Waals surface area (Å²) in [5, 5.41) is 3.63. The minimum Gasteiger partial charge on any atom is -0.341 e. The summed E-state index contributed by atoms with van der Waals surface area (Å²) in [6, 6.07) is 1.15. The van der Waals surface area contributed by atoms with Gasteiger partial charge >= 0.3 is 0 Å². The molecule has 0 aromatic carbocycles. The Balaban J connectivity index is 1.53. The number of hydrogen-bond acceptors (Lipinski definition) is 3. The van der Waals surface area contributed by atoms with Crippen LogP contribution >= 0.6 is 0 Å². The molecule has 21 heavy (non-hydrogen) atoms. The fraction of sp³-hybridized carbons (Fsp3) is 0.941. The van der Waals surface area contributed by atoms with Crippen molar-refractivity contribution < 1.29 is 4.79 Å². The van der Waals surface area contributed by atoms with Crippen LogP contribution in [-0.4, -0.2) is 60.5 Å². The van der Waals surface area contributed by atoms with E-state index in [1.165, 1.54) is 25.7 Å². The van der Waals surface area contributed by atoms with Gasteiger partial charge in [0.05, 0.1) is 6.04 Å². The van der Waals surface area contributed by atoms with Gasteiger partial charge in [0.2, 0.25) is 5.91 Å². The first-order valence-corrected chi connectivity index (χ1v) is 8.94. The van der Waals surface area contributed by atoms with E-state index in [0.717, 1.165) is 44.8 Å². The van der Waals surface area contributed by atoms with Gasteiger partial charge in [-0.2, -0.15) is 0 Å². The van der Waals surface area contributed by atoms with Crippen molar-refractivity contribution >= 4 is 5.91 Å². The number of likely N-dealkylation sites (tertiary alicyclic amines) is 1. The van der Waals surface area contributed by atoms with Gasteiger partial charge in [0.1, 0.15) is 0 Å². The van der Waals surface area contributed by atoms with Crippen LogP contribution in [0.2, 0.25) is 0 Å². The van der Waals surface area contributed by atoms with Crippen LogP contribution in [-0.2, 0) is 4.79 Å². The summed E-state index contributed by atoms with van der Waals surface area (Å²) in [4.78, 5) is 17.3. The summed E-state index contributed by atoms with van der Waals surface area (Å²) in [7, 11) is 2.03. The Morgan fingerprint density at radius 3 is 2.57 bits per heavy atom. The zero-order valence-corrected chi connectivity index (χ0v) is 13.7. The van der Waals surface area contributed by atoms with E-state index >= 15 is 0 Å². The molecule has 1 N–H and O–H groups in total. The van der Waals surface area contributed by atoms with Crippen molar-refractivity contribution in [3.8, 4) is 0 Å². The van der Waals surface area contributed by atoms with Gasteiger partial charge < -0.3 is 15.1 Å². The Morgan fingerprint density at radius 1 is 1.19 bits per heavy atom. The van der Waals surface area contributed by atoms with Crippen molar-refractivity contribution in [1.82, 2.24) is 15.1 Å². The highest BCUT2D eigenvalue weighted by atomic mass is 16.2. The third-order valence-electron chi connectivity index (χ3n) is 6.06.